The number of hydrogen-bond donors (Lipinski definition) is 3. The van der Waals surface area contributed by atoms with Crippen LogP contribution in [0.25, 0.3) is 0 Å². The molecule has 0 radical (unpaired) electrons. The number of hydrogen-bond acceptors (Lipinski definition) is 4. The summed E-state index contributed by atoms with van der Waals surface area (Å²) in [5.41, 5.74) is 2.32. The summed E-state index contributed by atoms with van der Waals surface area (Å²) in [6.45, 7) is 2.42. The van der Waals surface area contributed by atoms with E-state index in [0.717, 1.165) is 11.1 Å². The summed E-state index contributed by atoms with van der Waals surface area (Å²) in [5.74, 6) is -2.24. The largest absolute Gasteiger partial charge is 0.480 e. The summed E-state index contributed by atoms with van der Waals surface area (Å²) in [4.78, 5) is 38.6. The number of aliphatic carboxylic acids is 1. The van der Waals surface area contributed by atoms with Crippen molar-refractivity contribution in [2.24, 2.45) is 0 Å². The molecule has 1 aliphatic rings. The first kappa shape index (κ1) is 19.6. The van der Waals surface area contributed by atoms with Crippen molar-refractivity contribution in [1.82, 2.24) is 20.4 Å². The van der Waals surface area contributed by atoms with Crippen molar-refractivity contribution in [3.63, 3.8) is 0 Å². The van der Waals surface area contributed by atoms with E-state index in [2.05, 4.69) is 15.5 Å². The lowest BCUT2D eigenvalue weighted by Gasteiger charge is -2.32. The number of amides is 2. The van der Waals surface area contributed by atoms with Crippen molar-refractivity contribution in [2.75, 3.05) is 6.54 Å². The second-order valence-electron chi connectivity index (χ2n) is 6.99. The maximum atomic E-state index is 12.8. The molecule has 1 aromatic heterocycles. The van der Waals surface area contributed by atoms with Crippen LogP contribution in [0.2, 0.25) is 0 Å². The molecule has 8 heteroatoms. The molecular weight excluding hydrogens is 360 g/mol. The number of nitrogens with one attached hydrogen (secondary N) is 2. The van der Waals surface area contributed by atoms with Gasteiger partial charge in [-0.15, -0.1) is 0 Å². The molecule has 0 aliphatic carbocycles. The Morgan fingerprint density at radius 3 is 2.75 bits per heavy atom. The van der Waals surface area contributed by atoms with Gasteiger partial charge in [0, 0.05) is 18.7 Å². The molecular formula is C20H24N4O4. The Morgan fingerprint density at radius 1 is 1.32 bits per heavy atom. The Kier molecular flexibility index (Phi) is 6.08. The minimum Gasteiger partial charge on any atom is -0.480 e. The van der Waals surface area contributed by atoms with Gasteiger partial charge >= 0.3 is 5.97 Å². The van der Waals surface area contributed by atoms with Gasteiger partial charge in [-0.05, 0) is 12.0 Å². The summed E-state index contributed by atoms with van der Waals surface area (Å²) in [6.07, 6.45) is 2.84. The van der Waals surface area contributed by atoms with Gasteiger partial charge in [-0.1, -0.05) is 43.7 Å². The molecule has 0 saturated heterocycles. The van der Waals surface area contributed by atoms with E-state index in [-0.39, 0.29) is 18.9 Å². The van der Waals surface area contributed by atoms with E-state index in [1.165, 1.54) is 0 Å². The molecule has 148 valence electrons. The molecule has 0 saturated carbocycles. The molecule has 2 aromatic rings. The van der Waals surface area contributed by atoms with Crippen LogP contribution in [0.4, 0.5) is 0 Å². The number of carboxylic acids is 1. The first-order valence-corrected chi connectivity index (χ1v) is 9.36. The van der Waals surface area contributed by atoms with Gasteiger partial charge in [-0.3, -0.25) is 14.7 Å². The normalized spacial score (nSPS) is 16.9. The number of carbonyl (C=O) groups is 3. The van der Waals surface area contributed by atoms with E-state index in [1.54, 1.807) is 11.1 Å². The summed E-state index contributed by atoms with van der Waals surface area (Å²) in [7, 11) is 0. The number of benzene rings is 1. The van der Waals surface area contributed by atoms with Gasteiger partial charge < -0.3 is 15.3 Å². The summed E-state index contributed by atoms with van der Waals surface area (Å²) >= 11 is 0. The van der Waals surface area contributed by atoms with Crippen molar-refractivity contribution >= 4 is 17.8 Å². The number of aromatic nitrogens is 2. The van der Waals surface area contributed by atoms with Gasteiger partial charge in [0.15, 0.2) is 0 Å². The van der Waals surface area contributed by atoms with Gasteiger partial charge in [0.2, 0.25) is 11.8 Å². The van der Waals surface area contributed by atoms with Crippen molar-refractivity contribution in [3.8, 4) is 0 Å². The molecule has 1 aromatic carbocycles. The van der Waals surface area contributed by atoms with Gasteiger partial charge in [0.25, 0.3) is 0 Å². The molecule has 2 heterocycles. The van der Waals surface area contributed by atoms with Crippen LogP contribution in [-0.4, -0.2) is 50.6 Å². The van der Waals surface area contributed by atoms with Crippen LogP contribution in [0.3, 0.4) is 0 Å². The number of fused-ring (bicyclic) bond motifs is 1. The fourth-order valence-electron chi connectivity index (χ4n) is 3.44. The number of carboxylic acid groups (broad SMARTS) is 1. The standard InChI is InChI=1S/C20H24N4O4/c1-2-6-16(20(27)28)22-19(26)15-12-24(11-14-10-21-23-18(14)15)17(25)9-13-7-4-3-5-8-13/h3-5,7-8,10,15-16H,2,6,9,11-12H2,1H3,(H,21,23)(H,22,26)(H,27,28)/t15?,16-/m0/s1. The topological polar surface area (TPSA) is 115 Å². The van der Waals surface area contributed by atoms with Crippen LogP contribution in [0, 0.1) is 0 Å². The third-order valence-electron chi connectivity index (χ3n) is 4.92. The summed E-state index contributed by atoms with van der Waals surface area (Å²) in [6, 6.07) is 8.47. The Morgan fingerprint density at radius 2 is 2.07 bits per heavy atom. The fraction of sp³-hybridized carbons (Fsp3) is 0.400. The lowest BCUT2D eigenvalue weighted by Crippen LogP contribution is -2.48. The number of carbonyl (C=O) groups excluding carboxylic acids is 2. The van der Waals surface area contributed by atoms with Crippen LogP contribution >= 0.6 is 0 Å². The van der Waals surface area contributed by atoms with Crippen LogP contribution in [0.15, 0.2) is 36.5 Å². The molecule has 1 unspecified atom stereocenters. The summed E-state index contributed by atoms with van der Waals surface area (Å²) in [5, 5.41) is 18.8. The van der Waals surface area contributed by atoms with Crippen molar-refractivity contribution < 1.29 is 19.5 Å². The Hall–Kier alpha value is -3.16. The highest BCUT2D eigenvalue weighted by Crippen LogP contribution is 2.27. The van der Waals surface area contributed by atoms with Gasteiger partial charge in [0.1, 0.15) is 6.04 Å². The van der Waals surface area contributed by atoms with E-state index >= 15 is 0 Å². The number of H-pyrrole nitrogens is 1. The van der Waals surface area contributed by atoms with Crippen molar-refractivity contribution in [2.45, 2.75) is 44.7 Å². The molecule has 3 rings (SSSR count). The zero-order valence-electron chi connectivity index (χ0n) is 15.7. The van der Waals surface area contributed by atoms with E-state index in [0.29, 0.717) is 25.1 Å². The predicted molar refractivity (Wildman–Crippen MR) is 101 cm³/mol. The van der Waals surface area contributed by atoms with Crippen LogP contribution in [0.5, 0.6) is 0 Å². The van der Waals surface area contributed by atoms with E-state index in [9.17, 15) is 19.5 Å². The molecule has 1 aliphatic heterocycles. The molecule has 3 N–H and O–H groups in total. The average molecular weight is 384 g/mol. The lowest BCUT2D eigenvalue weighted by atomic mass is 9.94. The second kappa shape index (κ2) is 8.69. The third-order valence-corrected chi connectivity index (χ3v) is 4.92. The number of aromatic amines is 1. The Balaban J connectivity index is 1.75. The highest BCUT2D eigenvalue weighted by Gasteiger charge is 2.35. The van der Waals surface area contributed by atoms with Crippen molar-refractivity contribution in [3.05, 3.63) is 53.3 Å². The molecule has 0 spiro atoms. The molecule has 2 atom stereocenters. The highest BCUT2D eigenvalue weighted by molar-refractivity contribution is 5.89. The molecule has 0 bridgehead atoms. The zero-order valence-corrected chi connectivity index (χ0v) is 15.7. The highest BCUT2D eigenvalue weighted by atomic mass is 16.4. The van der Waals surface area contributed by atoms with Crippen molar-refractivity contribution in [1.29, 1.82) is 0 Å². The molecule has 28 heavy (non-hydrogen) atoms. The van der Waals surface area contributed by atoms with E-state index < -0.39 is 23.8 Å². The zero-order chi connectivity index (χ0) is 20.1. The third kappa shape index (κ3) is 4.39. The lowest BCUT2D eigenvalue weighted by molar-refractivity contribution is -0.142. The SMILES string of the molecule is CCC[C@H](NC(=O)C1CN(C(=O)Cc2ccccc2)Cc2cn[nH]c21)C(=O)O. The number of rotatable bonds is 7. The Labute approximate surface area is 162 Å². The monoisotopic (exact) mass is 384 g/mol. The van der Waals surface area contributed by atoms with Gasteiger partial charge in [-0.25, -0.2) is 4.79 Å². The average Bonchev–Trinajstić information content (AvgIpc) is 3.16. The van der Waals surface area contributed by atoms with Gasteiger partial charge in [-0.2, -0.15) is 5.10 Å². The van der Waals surface area contributed by atoms with Crippen LogP contribution in [-0.2, 0) is 27.3 Å². The van der Waals surface area contributed by atoms with E-state index in [1.807, 2.05) is 37.3 Å². The number of nitrogens with zero attached hydrogens (tertiary/aromatic N) is 2. The molecule has 0 fully saturated rings. The first-order valence-electron chi connectivity index (χ1n) is 9.36. The second-order valence-corrected chi connectivity index (χ2v) is 6.99. The minimum absolute atomic E-state index is 0.0841. The quantitative estimate of drug-likeness (QED) is 0.668. The Bertz CT molecular complexity index is 849. The van der Waals surface area contributed by atoms with Gasteiger partial charge in [0.05, 0.1) is 24.2 Å². The fourth-order valence-corrected chi connectivity index (χ4v) is 3.44. The van der Waals surface area contributed by atoms with Crippen LogP contribution in [0.1, 0.15) is 42.5 Å². The molecule has 2 amide bonds. The minimum atomic E-state index is -1.06. The maximum absolute atomic E-state index is 12.8. The maximum Gasteiger partial charge on any atom is 0.326 e. The van der Waals surface area contributed by atoms with Crippen LogP contribution < -0.4 is 5.32 Å². The van der Waals surface area contributed by atoms with E-state index in [4.69, 9.17) is 0 Å². The molecule has 8 nitrogen and oxygen atoms in total. The summed E-state index contributed by atoms with van der Waals surface area (Å²) < 4.78 is 0. The smallest absolute Gasteiger partial charge is 0.326 e. The predicted octanol–water partition coefficient (Wildman–Crippen LogP) is 1.45. The first-order chi connectivity index (χ1) is 13.5.